The van der Waals surface area contributed by atoms with Crippen LogP contribution in [0.3, 0.4) is 0 Å². The molecule has 3 heteroatoms. The lowest BCUT2D eigenvalue weighted by atomic mass is 10.1. The molecule has 0 radical (unpaired) electrons. The Morgan fingerprint density at radius 2 is 1.28 bits per heavy atom. The van der Waals surface area contributed by atoms with Crippen LogP contribution in [0.15, 0.2) is 36.4 Å². The first-order chi connectivity index (χ1) is 8.74. The third-order valence-corrected chi connectivity index (χ3v) is 3.27. The summed E-state index contributed by atoms with van der Waals surface area (Å²) in [5.41, 5.74) is 3.32. The molecule has 3 nitrogen and oxygen atoms in total. The topological polar surface area (TPSA) is 52.5 Å². The molecule has 0 fully saturated rings. The fourth-order valence-corrected chi connectivity index (χ4v) is 2.34. The fraction of sp³-hybridized carbons (Fsp3) is 0.0667. The number of benzene rings is 2. The zero-order valence-electron chi connectivity index (χ0n) is 9.81. The second-order valence-corrected chi connectivity index (χ2v) is 4.25. The summed E-state index contributed by atoms with van der Waals surface area (Å²) in [6.45, 7) is 0. The van der Waals surface area contributed by atoms with Crippen LogP contribution in [0.1, 0.15) is 11.1 Å². The maximum Gasteiger partial charge on any atom is 0.0992 e. The molecule has 1 heterocycles. The molecule has 0 aliphatic heterocycles. The van der Waals surface area contributed by atoms with Gasteiger partial charge in [0.2, 0.25) is 0 Å². The van der Waals surface area contributed by atoms with E-state index >= 15 is 0 Å². The van der Waals surface area contributed by atoms with Crippen molar-refractivity contribution in [1.82, 2.24) is 4.57 Å². The van der Waals surface area contributed by atoms with Gasteiger partial charge >= 0.3 is 0 Å². The van der Waals surface area contributed by atoms with Gasteiger partial charge in [-0.3, -0.25) is 0 Å². The van der Waals surface area contributed by atoms with Crippen LogP contribution >= 0.6 is 0 Å². The van der Waals surface area contributed by atoms with Gasteiger partial charge in [-0.05, 0) is 24.3 Å². The van der Waals surface area contributed by atoms with Crippen LogP contribution in [-0.4, -0.2) is 4.57 Å². The number of fused-ring (bicyclic) bond motifs is 3. The van der Waals surface area contributed by atoms with E-state index in [4.69, 9.17) is 10.5 Å². The van der Waals surface area contributed by atoms with Crippen molar-refractivity contribution in [3.05, 3.63) is 47.5 Å². The molecule has 0 saturated heterocycles. The molecule has 2 aromatic carbocycles. The molecule has 0 atom stereocenters. The smallest absolute Gasteiger partial charge is 0.0992 e. The summed E-state index contributed by atoms with van der Waals surface area (Å²) < 4.78 is 2.02. The highest BCUT2D eigenvalue weighted by molar-refractivity contribution is 6.08. The van der Waals surface area contributed by atoms with Crippen molar-refractivity contribution in [2.24, 2.45) is 7.05 Å². The maximum atomic E-state index is 8.94. The summed E-state index contributed by atoms with van der Waals surface area (Å²) in [4.78, 5) is 0. The van der Waals surface area contributed by atoms with Gasteiger partial charge in [0.1, 0.15) is 0 Å². The van der Waals surface area contributed by atoms with Crippen LogP contribution in [0.25, 0.3) is 21.8 Å². The summed E-state index contributed by atoms with van der Waals surface area (Å²) in [6, 6.07) is 15.6. The van der Waals surface area contributed by atoms with Gasteiger partial charge < -0.3 is 4.57 Å². The summed E-state index contributed by atoms with van der Waals surface area (Å²) in [6.07, 6.45) is 0. The van der Waals surface area contributed by atoms with Gasteiger partial charge in [-0.25, -0.2) is 0 Å². The monoisotopic (exact) mass is 231 g/mol. The molecule has 0 aliphatic carbocycles. The second kappa shape index (κ2) is 3.61. The van der Waals surface area contributed by atoms with Gasteiger partial charge in [0.05, 0.1) is 34.3 Å². The number of nitriles is 2. The fourth-order valence-electron chi connectivity index (χ4n) is 2.34. The van der Waals surface area contributed by atoms with Gasteiger partial charge in [0, 0.05) is 17.8 Å². The van der Waals surface area contributed by atoms with Crippen LogP contribution < -0.4 is 0 Å². The standard InChI is InChI=1S/C15H9N3/c1-18-14-6-10(8-16)2-4-12(14)13-5-3-11(9-17)7-15(13)18/h2-7H,1H3. The first-order valence-electron chi connectivity index (χ1n) is 5.57. The quantitative estimate of drug-likeness (QED) is 0.597. The van der Waals surface area contributed by atoms with E-state index in [-0.39, 0.29) is 0 Å². The Morgan fingerprint density at radius 3 is 1.67 bits per heavy atom. The number of rotatable bonds is 0. The van der Waals surface area contributed by atoms with Crippen LogP contribution in [0.2, 0.25) is 0 Å². The van der Waals surface area contributed by atoms with Gasteiger partial charge in [-0.1, -0.05) is 12.1 Å². The summed E-state index contributed by atoms with van der Waals surface area (Å²) in [5, 5.41) is 20.1. The van der Waals surface area contributed by atoms with Crippen molar-refractivity contribution in [2.45, 2.75) is 0 Å². The Kier molecular flexibility index (Phi) is 2.08. The minimum Gasteiger partial charge on any atom is -0.344 e. The largest absolute Gasteiger partial charge is 0.344 e. The molecule has 0 N–H and O–H groups in total. The van der Waals surface area contributed by atoms with Crippen molar-refractivity contribution >= 4 is 21.8 Å². The van der Waals surface area contributed by atoms with E-state index in [1.807, 2.05) is 48.0 Å². The summed E-state index contributed by atoms with van der Waals surface area (Å²) in [7, 11) is 1.95. The Balaban J connectivity index is 2.51. The van der Waals surface area contributed by atoms with Gasteiger partial charge in [-0.15, -0.1) is 0 Å². The van der Waals surface area contributed by atoms with E-state index in [1.54, 1.807) is 0 Å². The molecule has 1 aromatic heterocycles. The minimum absolute atomic E-state index is 0.647. The first-order valence-corrected chi connectivity index (χ1v) is 5.57. The Hall–Kier alpha value is -2.78. The third kappa shape index (κ3) is 1.28. The molecule has 3 aromatic rings. The highest BCUT2D eigenvalue weighted by Gasteiger charge is 2.09. The van der Waals surface area contributed by atoms with Crippen LogP contribution in [0.5, 0.6) is 0 Å². The summed E-state index contributed by atoms with van der Waals surface area (Å²) >= 11 is 0. The molecule has 0 saturated carbocycles. The van der Waals surface area contributed by atoms with Gasteiger partial charge in [0.25, 0.3) is 0 Å². The van der Waals surface area contributed by atoms with Crippen molar-refractivity contribution in [3.63, 3.8) is 0 Å². The number of hydrogen-bond donors (Lipinski definition) is 0. The molecule has 0 bridgehead atoms. The summed E-state index contributed by atoms with van der Waals surface area (Å²) in [5.74, 6) is 0. The zero-order chi connectivity index (χ0) is 12.7. The molecule has 3 rings (SSSR count). The number of hydrogen-bond acceptors (Lipinski definition) is 2. The Morgan fingerprint density at radius 1 is 0.833 bits per heavy atom. The normalized spacial score (nSPS) is 10.4. The highest BCUT2D eigenvalue weighted by Crippen LogP contribution is 2.29. The minimum atomic E-state index is 0.647. The second-order valence-electron chi connectivity index (χ2n) is 4.25. The van der Waals surface area contributed by atoms with Crippen molar-refractivity contribution in [1.29, 1.82) is 10.5 Å². The Labute approximate surface area is 104 Å². The zero-order valence-corrected chi connectivity index (χ0v) is 9.81. The van der Waals surface area contributed by atoms with E-state index in [0.717, 1.165) is 21.8 Å². The van der Waals surface area contributed by atoms with E-state index in [2.05, 4.69) is 12.1 Å². The molecule has 0 unspecified atom stereocenters. The van der Waals surface area contributed by atoms with Crippen LogP contribution in [-0.2, 0) is 7.05 Å². The lowest BCUT2D eigenvalue weighted by Gasteiger charge is -1.97. The lowest BCUT2D eigenvalue weighted by Crippen LogP contribution is -1.87. The van der Waals surface area contributed by atoms with Crippen molar-refractivity contribution < 1.29 is 0 Å². The maximum absolute atomic E-state index is 8.94. The lowest BCUT2D eigenvalue weighted by molar-refractivity contribution is 1.01. The Bertz CT molecular complexity index is 786. The van der Waals surface area contributed by atoms with Gasteiger partial charge in [0.15, 0.2) is 0 Å². The third-order valence-electron chi connectivity index (χ3n) is 3.27. The predicted molar refractivity (Wildman–Crippen MR) is 69.9 cm³/mol. The SMILES string of the molecule is Cn1c2cc(C#N)ccc2c2ccc(C#N)cc21. The first kappa shape index (κ1) is 10.4. The highest BCUT2D eigenvalue weighted by atomic mass is 14.9. The van der Waals surface area contributed by atoms with Crippen molar-refractivity contribution in [2.75, 3.05) is 0 Å². The number of nitrogens with zero attached hydrogens (tertiary/aromatic N) is 3. The average molecular weight is 231 g/mol. The number of aromatic nitrogens is 1. The molecule has 0 spiro atoms. The van der Waals surface area contributed by atoms with Gasteiger partial charge in [-0.2, -0.15) is 10.5 Å². The average Bonchev–Trinajstić information content (AvgIpc) is 2.71. The molecular weight excluding hydrogens is 222 g/mol. The van der Waals surface area contributed by atoms with Crippen LogP contribution in [0, 0.1) is 22.7 Å². The van der Waals surface area contributed by atoms with E-state index in [0.29, 0.717) is 11.1 Å². The molecular formula is C15H9N3. The van der Waals surface area contributed by atoms with Crippen LogP contribution in [0.4, 0.5) is 0 Å². The molecule has 18 heavy (non-hydrogen) atoms. The molecule has 84 valence electrons. The predicted octanol–water partition coefficient (Wildman–Crippen LogP) is 3.07. The van der Waals surface area contributed by atoms with E-state index in [1.165, 1.54) is 0 Å². The number of aryl methyl sites for hydroxylation is 1. The van der Waals surface area contributed by atoms with Crippen molar-refractivity contribution in [3.8, 4) is 12.1 Å². The van der Waals surface area contributed by atoms with E-state index in [9.17, 15) is 0 Å². The van der Waals surface area contributed by atoms with E-state index < -0.39 is 0 Å². The molecule has 0 aliphatic rings. The molecule has 0 amide bonds.